The molecule has 3 heterocycles. The third kappa shape index (κ3) is 3.29. The largest absolute Gasteiger partial charge is 0.328 e. The first-order valence-electron chi connectivity index (χ1n) is 8.82. The van der Waals surface area contributed by atoms with E-state index in [2.05, 4.69) is 15.0 Å². The topological polar surface area (TPSA) is 82.0 Å². The maximum atomic E-state index is 13.0. The molecule has 2 N–H and O–H groups in total. The summed E-state index contributed by atoms with van der Waals surface area (Å²) in [5, 5.41) is 0. The molecule has 6 nitrogen and oxygen atoms in total. The molecule has 3 aromatic rings. The van der Waals surface area contributed by atoms with Crippen molar-refractivity contribution in [3.8, 4) is 11.5 Å². The molecule has 26 heavy (non-hydrogen) atoms. The van der Waals surface area contributed by atoms with Crippen molar-refractivity contribution in [1.29, 1.82) is 0 Å². The second-order valence-electron chi connectivity index (χ2n) is 6.75. The van der Waals surface area contributed by atoms with Crippen LogP contribution in [0.1, 0.15) is 55.8 Å². The van der Waals surface area contributed by atoms with Gasteiger partial charge in [-0.2, -0.15) is 0 Å². The Morgan fingerprint density at radius 1 is 1.08 bits per heavy atom. The van der Waals surface area contributed by atoms with Crippen LogP contribution in [0.15, 0.2) is 30.9 Å². The summed E-state index contributed by atoms with van der Waals surface area (Å²) in [4.78, 5) is 17.0. The zero-order chi connectivity index (χ0) is 18.1. The van der Waals surface area contributed by atoms with E-state index in [1.54, 1.807) is 16.8 Å². The van der Waals surface area contributed by atoms with Gasteiger partial charge in [0.2, 0.25) is 0 Å². The fraction of sp³-hybridized carbons (Fsp3) is 0.444. The van der Waals surface area contributed by atoms with Gasteiger partial charge in [-0.15, -0.1) is 0 Å². The molecule has 0 saturated heterocycles. The molecule has 2 unspecified atom stereocenters. The molecule has 0 spiro atoms. The van der Waals surface area contributed by atoms with Crippen molar-refractivity contribution < 1.29 is 8.78 Å². The number of nitrogens with zero attached hydrogens (tertiary/aromatic N) is 5. The molecule has 0 radical (unpaired) electrons. The van der Waals surface area contributed by atoms with Crippen LogP contribution in [0.2, 0.25) is 0 Å². The zero-order valence-electron chi connectivity index (χ0n) is 14.2. The Labute approximate surface area is 149 Å². The lowest BCUT2D eigenvalue weighted by Crippen LogP contribution is -2.18. The summed E-state index contributed by atoms with van der Waals surface area (Å²) in [6.07, 6.45) is 8.48. The van der Waals surface area contributed by atoms with Gasteiger partial charge in [-0.3, -0.25) is 4.40 Å². The summed E-state index contributed by atoms with van der Waals surface area (Å²) in [6.45, 7) is 0. The van der Waals surface area contributed by atoms with E-state index in [4.69, 9.17) is 10.7 Å². The van der Waals surface area contributed by atoms with Gasteiger partial charge in [0, 0.05) is 30.0 Å². The number of hydrogen-bond donors (Lipinski definition) is 1. The smallest absolute Gasteiger partial charge is 0.281 e. The van der Waals surface area contributed by atoms with Crippen LogP contribution in [-0.2, 0) is 0 Å². The van der Waals surface area contributed by atoms with Gasteiger partial charge < -0.3 is 5.73 Å². The molecule has 0 amide bonds. The molecule has 1 aliphatic rings. The summed E-state index contributed by atoms with van der Waals surface area (Å²) in [5.74, 6) is 0.831. The first kappa shape index (κ1) is 17.0. The lowest BCUT2D eigenvalue weighted by molar-refractivity contribution is 0.145. The summed E-state index contributed by atoms with van der Waals surface area (Å²) in [7, 11) is 0. The highest BCUT2D eigenvalue weighted by Crippen LogP contribution is 2.31. The van der Waals surface area contributed by atoms with Gasteiger partial charge in [-0.05, 0) is 31.7 Å². The molecular weight excluding hydrogens is 338 g/mol. The molecule has 0 aromatic carbocycles. The molecule has 8 heteroatoms. The monoisotopic (exact) mass is 358 g/mol. The molecule has 1 fully saturated rings. The summed E-state index contributed by atoms with van der Waals surface area (Å²) >= 11 is 0. The lowest BCUT2D eigenvalue weighted by atomic mass is 9.96. The highest BCUT2D eigenvalue weighted by Gasteiger charge is 2.20. The minimum Gasteiger partial charge on any atom is -0.328 e. The molecule has 4 rings (SSSR count). The Balaban J connectivity index is 1.70. The maximum Gasteiger partial charge on any atom is 0.281 e. The number of fused-ring (bicyclic) bond motifs is 1. The van der Waals surface area contributed by atoms with Gasteiger partial charge in [0.25, 0.3) is 6.43 Å². The van der Waals surface area contributed by atoms with Crippen LogP contribution in [0.4, 0.5) is 8.78 Å². The van der Waals surface area contributed by atoms with Crippen LogP contribution < -0.4 is 5.73 Å². The van der Waals surface area contributed by atoms with Crippen molar-refractivity contribution in [2.24, 2.45) is 5.73 Å². The van der Waals surface area contributed by atoms with Crippen LogP contribution >= 0.6 is 0 Å². The van der Waals surface area contributed by atoms with E-state index in [1.165, 1.54) is 12.4 Å². The molecule has 0 aliphatic heterocycles. The predicted octanol–water partition coefficient (Wildman–Crippen LogP) is 3.50. The average molecular weight is 358 g/mol. The fourth-order valence-electron chi connectivity index (χ4n) is 3.53. The third-order valence-electron chi connectivity index (χ3n) is 4.98. The quantitative estimate of drug-likeness (QED) is 0.725. The second kappa shape index (κ2) is 7.03. The van der Waals surface area contributed by atoms with Gasteiger partial charge in [-0.1, -0.05) is 6.42 Å². The van der Waals surface area contributed by atoms with Crippen LogP contribution in [0.25, 0.3) is 17.2 Å². The number of aromatic nitrogens is 5. The summed E-state index contributed by atoms with van der Waals surface area (Å²) in [6, 6.07) is 2.20. The van der Waals surface area contributed by atoms with E-state index in [1.807, 2.05) is 6.07 Å². The van der Waals surface area contributed by atoms with Crippen molar-refractivity contribution in [2.75, 3.05) is 0 Å². The van der Waals surface area contributed by atoms with Crippen LogP contribution in [-0.4, -0.2) is 30.4 Å². The minimum absolute atomic E-state index is 0.264. The number of alkyl halides is 2. The van der Waals surface area contributed by atoms with E-state index >= 15 is 0 Å². The highest BCUT2D eigenvalue weighted by atomic mass is 19.3. The highest BCUT2D eigenvalue weighted by molar-refractivity contribution is 5.56. The fourth-order valence-corrected chi connectivity index (χ4v) is 3.53. The Bertz CT molecular complexity index is 910. The first-order chi connectivity index (χ1) is 12.6. The lowest BCUT2D eigenvalue weighted by Gasteiger charge is -2.14. The number of hydrogen-bond acceptors (Lipinski definition) is 5. The first-order valence-corrected chi connectivity index (χ1v) is 8.82. The van der Waals surface area contributed by atoms with Crippen LogP contribution in [0.3, 0.4) is 0 Å². The van der Waals surface area contributed by atoms with Crippen LogP contribution in [0, 0.1) is 0 Å². The van der Waals surface area contributed by atoms with E-state index < -0.39 is 6.43 Å². The zero-order valence-corrected chi connectivity index (χ0v) is 14.2. The summed E-state index contributed by atoms with van der Waals surface area (Å²) < 4.78 is 27.5. The number of nitrogens with two attached hydrogens (primary N) is 1. The van der Waals surface area contributed by atoms with Crippen molar-refractivity contribution in [3.05, 3.63) is 42.2 Å². The Hall–Kier alpha value is -2.48. The number of imidazole rings is 1. The standard InChI is InChI=1S/C18H20F2N6/c19-17(20)14-10-26-15(8-24-16(26)9-23-14)18-22-7-6-13(25-18)11-2-1-3-12(21)5-4-11/h6-12,17H,1-5,21H2. The molecule has 0 bridgehead atoms. The summed E-state index contributed by atoms with van der Waals surface area (Å²) in [5.41, 5.74) is 7.81. The average Bonchev–Trinajstić information content (AvgIpc) is 2.95. The molecular formula is C18H20F2N6. The molecule has 1 aliphatic carbocycles. The van der Waals surface area contributed by atoms with E-state index in [9.17, 15) is 8.78 Å². The normalized spacial score (nSPS) is 21.2. The van der Waals surface area contributed by atoms with Gasteiger partial charge >= 0.3 is 0 Å². The Kier molecular flexibility index (Phi) is 4.58. The maximum absolute atomic E-state index is 13.0. The third-order valence-corrected chi connectivity index (χ3v) is 4.98. The molecule has 3 aromatic heterocycles. The van der Waals surface area contributed by atoms with Crippen LogP contribution in [0.5, 0.6) is 0 Å². The van der Waals surface area contributed by atoms with Gasteiger partial charge in [-0.25, -0.2) is 28.7 Å². The van der Waals surface area contributed by atoms with Gasteiger partial charge in [0.05, 0.1) is 12.4 Å². The molecule has 1 saturated carbocycles. The second-order valence-corrected chi connectivity index (χ2v) is 6.75. The molecule has 2 atom stereocenters. The molecule has 136 valence electrons. The SMILES string of the molecule is NC1CCCC(c2ccnc(-c3cnc4cnc(C(F)F)cn34)n2)CC1. The van der Waals surface area contributed by atoms with E-state index in [-0.39, 0.29) is 11.7 Å². The van der Waals surface area contributed by atoms with Crippen molar-refractivity contribution in [3.63, 3.8) is 0 Å². The van der Waals surface area contributed by atoms with Gasteiger partial charge in [0.1, 0.15) is 11.4 Å². The van der Waals surface area contributed by atoms with E-state index in [0.29, 0.717) is 23.1 Å². The Morgan fingerprint density at radius 2 is 1.96 bits per heavy atom. The van der Waals surface area contributed by atoms with Crippen molar-refractivity contribution in [1.82, 2.24) is 24.3 Å². The Morgan fingerprint density at radius 3 is 2.81 bits per heavy atom. The van der Waals surface area contributed by atoms with E-state index in [0.717, 1.165) is 37.8 Å². The number of halogens is 2. The predicted molar refractivity (Wildman–Crippen MR) is 92.8 cm³/mol. The van der Waals surface area contributed by atoms with Crippen molar-refractivity contribution in [2.45, 2.75) is 50.5 Å². The number of rotatable bonds is 3. The van der Waals surface area contributed by atoms with Crippen molar-refractivity contribution >= 4 is 5.65 Å². The van der Waals surface area contributed by atoms with Gasteiger partial charge in [0.15, 0.2) is 11.5 Å². The minimum atomic E-state index is -2.64.